The Morgan fingerprint density at radius 1 is 1.00 bits per heavy atom. The van der Waals surface area contributed by atoms with Crippen molar-refractivity contribution in [1.82, 2.24) is 5.32 Å². The van der Waals surface area contributed by atoms with Crippen molar-refractivity contribution < 1.29 is 23.9 Å². The highest BCUT2D eigenvalue weighted by molar-refractivity contribution is 7.98. The van der Waals surface area contributed by atoms with Crippen molar-refractivity contribution in [1.29, 1.82) is 0 Å². The van der Waals surface area contributed by atoms with Gasteiger partial charge in [0.2, 0.25) is 5.91 Å². The van der Waals surface area contributed by atoms with Gasteiger partial charge in [-0.3, -0.25) is 14.4 Å². The van der Waals surface area contributed by atoms with Crippen LogP contribution in [0.2, 0.25) is 0 Å². The number of hydrogen-bond acceptors (Lipinski definition) is 6. The van der Waals surface area contributed by atoms with Crippen LogP contribution < -0.4 is 5.32 Å². The monoisotopic (exact) mass is 319 g/mol. The smallest absolute Gasteiger partial charge is 0.222 e. The zero-order chi connectivity index (χ0) is 16.1. The number of amides is 1. The molecule has 6 nitrogen and oxygen atoms in total. The molecule has 21 heavy (non-hydrogen) atoms. The van der Waals surface area contributed by atoms with Crippen molar-refractivity contribution in [3.05, 3.63) is 0 Å². The molecule has 0 bridgehead atoms. The summed E-state index contributed by atoms with van der Waals surface area (Å²) in [6.45, 7) is 4.45. The fourth-order valence-electron chi connectivity index (χ4n) is 1.40. The third-order valence-electron chi connectivity index (χ3n) is 2.60. The van der Waals surface area contributed by atoms with Crippen LogP contribution in [0.15, 0.2) is 0 Å². The van der Waals surface area contributed by atoms with Crippen molar-refractivity contribution in [3.8, 4) is 0 Å². The van der Waals surface area contributed by atoms with Gasteiger partial charge in [0.05, 0.1) is 32.5 Å². The Morgan fingerprint density at radius 3 is 2.05 bits per heavy atom. The van der Waals surface area contributed by atoms with Crippen LogP contribution in [0.25, 0.3) is 0 Å². The SMILES string of the molecule is CSCC(NC(=O)CCOCCOCCC(C)=O)C(C)=O. The van der Waals surface area contributed by atoms with Crippen molar-refractivity contribution in [3.63, 3.8) is 0 Å². The fraction of sp³-hybridized carbons (Fsp3) is 0.786. The number of Topliss-reactive ketones (excluding diaryl/α,β-unsaturated/α-hetero) is 2. The van der Waals surface area contributed by atoms with E-state index in [0.29, 0.717) is 32.0 Å². The number of thioether (sulfide) groups is 1. The lowest BCUT2D eigenvalue weighted by Crippen LogP contribution is -2.41. The molecule has 0 saturated carbocycles. The van der Waals surface area contributed by atoms with Crippen LogP contribution in [-0.2, 0) is 23.9 Å². The lowest BCUT2D eigenvalue weighted by Gasteiger charge is -2.14. The molecule has 0 radical (unpaired) electrons. The molecule has 0 aliphatic rings. The minimum absolute atomic E-state index is 0.0440. The Bertz CT molecular complexity index is 335. The van der Waals surface area contributed by atoms with Gasteiger partial charge in [-0.15, -0.1) is 0 Å². The molecule has 0 aromatic heterocycles. The predicted molar refractivity (Wildman–Crippen MR) is 82.5 cm³/mol. The lowest BCUT2D eigenvalue weighted by molar-refractivity contribution is -0.127. The van der Waals surface area contributed by atoms with Crippen LogP contribution in [-0.4, -0.2) is 62.0 Å². The maximum atomic E-state index is 11.6. The molecule has 1 N–H and O–H groups in total. The highest BCUT2D eigenvalue weighted by Crippen LogP contribution is 1.99. The van der Waals surface area contributed by atoms with E-state index in [0.717, 1.165) is 0 Å². The summed E-state index contributed by atoms with van der Waals surface area (Å²) in [6, 6.07) is -0.428. The molecular weight excluding hydrogens is 294 g/mol. The molecule has 1 unspecified atom stereocenters. The van der Waals surface area contributed by atoms with Gasteiger partial charge in [-0.2, -0.15) is 11.8 Å². The van der Waals surface area contributed by atoms with Gasteiger partial charge < -0.3 is 14.8 Å². The van der Waals surface area contributed by atoms with Gasteiger partial charge in [0.25, 0.3) is 0 Å². The zero-order valence-corrected chi connectivity index (χ0v) is 13.8. The molecular formula is C14H25NO5S. The van der Waals surface area contributed by atoms with E-state index in [1.807, 2.05) is 6.26 Å². The standard InChI is InChI=1S/C14H25NO5S/c1-11(16)4-6-19-8-9-20-7-5-14(18)15-13(10-21-3)12(2)17/h13H,4-10H2,1-3H3,(H,15,18). The van der Waals surface area contributed by atoms with E-state index in [9.17, 15) is 14.4 Å². The Kier molecular flexibility index (Phi) is 12.2. The molecule has 0 aliphatic heterocycles. The number of ether oxygens (including phenoxy) is 2. The minimum Gasteiger partial charge on any atom is -0.379 e. The summed E-state index contributed by atoms with van der Waals surface area (Å²) in [5.41, 5.74) is 0. The van der Waals surface area contributed by atoms with Gasteiger partial charge in [0.15, 0.2) is 5.78 Å². The molecule has 0 aromatic rings. The van der Waals surface area contributed by atoms with Crippen molar-refractivity contribution in [2.45, 2.75) is 32.7 Å². The first-order chi connectivity index (χ1) is 9.97. The van der Waals surface area contributed by atoms with Gasteiger partial charge in [-0.1, -0.05) is 0 Å². The number of ketones is 2. The molecule has 1 amide bonds. The number of carbonyl (C=O) groups excluding carboxylic acids is 3. The summed E-state index contributed by atoms with van der Waals surface area (Å²) >= 11 is 1.51. The second kappa shape index (κ2) is 12.8. The molecule has 0 heterocycles. The first kappa shape index (κ1) is 20.1. The third kappa shape index (κ3) is 12.5. The van der Waals surface area contributed by atoms with Crippen LogP contribution in [0.3, 0.4) is 0 Å². The van der Waals surface area contributed by atoms with E-state index in [2.05, 4.69) is 5.32 Å². The summed E-state index contributed by atoms with van der Waals surface area (Å²) in [6.07, 6.45) is 2.51. The van der Waals surface area contributed by atoms with Gasteiger partial charge in [0.1, 0.15) is 5.78 Å². The molecule has 0 spiro atoms. The Balaban J connectivity index is 3.57. The predicted octanol–water partition coefficient (Wildman–Crippen LogP) is 0.826. The van der Waals surface area contributed by atoms with E-state index in [-0.39, 0.29) is 30.5 Å². The summed E-state index contributed by atoms with van der Waals surface area (Å²) in [4.78, 5) is 33.6. The second-order valence-corrected chi connectivity index (χ2v) is 5.52. The topological polar surface area (TPSA) is 81.7 Å². The Hall–Kier alpha value is -0.920. The number of hydrogen-bond donors (Lipinski definition) is 1. The third-order valence-corrected chi connectivity index (χ3v) is 3.27. The van der Waals surface area contributed by atoms with E-state index in [1.165, 1.54) is 25.6 Å². The Labute approximate surface area is 130 Å². The summed E-state index contributed by atoms with van der Waals surface area (Å²) in [5.74, 6) is 0.434. The van der Waals surface area contributed by atoms with Crippen LogP contribution in [0.4, 0.5) is 0 Å². The fourth-order valence-corrected chi connectivity index (χ4v) is 2.05. The summed E-state index contributed by atoms with van der Waals surface area (Å²) < 4.78 is 10.4. The van der Waals surface area contributed by atoms with Crippen LogP contribution in [0.5, 0.6) is 0 Å². The first-order valence-electron chi connectivity index (χ1n) is 6.91. The lowest BCUT2D eigenvalue weighted by atomic mass is 10.2. The molecule has 0 rings (SSSR count). The van der Waals surface area contributed by atoms with Crippen LogP contribution in [0.1, 0.15) is 26.7 Å². The largest absolute Gasteiger partial charge is 0.379 e. The van der Waals surface area contributed by atoms with Gasteiger partial charge >= 0.3 is 0 Å². The molecule has 122 valence electrons. The maximum absolute atomic E-state index is 11.6. The minimum atomic E-state index is -0.428. The van der Waals surface area contributed by atoms with Gasteiger partial charge in [-0.25, -0.2) is 0 Å². The average Bonchev–Trinajstić information content (AvgIpc) is 2.40. The number of carbonyl (C=O) groups is 3. The summed E-state index contributed by atoms with van der Waals surface area (Å²) in [5, 5.41) is 2.68. The van der Waals surface area contributed by atoms with Crippen LogP contribution in [0, 0.1) is 0 Å². The highest BCUT2D eigenvalue weighted by atomic mass is 32.2. The quantitative estimate of drug-likeness (QED) is 0.506. The van der Waals surface area contributed by atoms with E-state index >= 15 is 0 Å². The highest BCUT2D eigenvalue weighted by Gasteiger charge is 2.15. The average molecular weight is 319 g/mol. The molecule has 0 aliphatic carbocycles. The molecule has 1 atom stereocenters. The first-order valence-corrected chi connectivity index (χ1v) is 8.30. The van der Waals surface area contributed by atoms with Crippen LogP contribution >= 0.6 is 11.8 Å². The van der Waals surface area contributed by atoms with Gasteiger partial charge in [-0.05, 0) is 20.1 Å². The van der Waals surface area contributed by atoms with E-state index in [1.54, 1.807) is 0 Å². The van der Waals surface area contributed by atoms with Crippen molar-refractivity contribution in [2.75, 3.05) is 38.4 Å². The number of nitrogens with one attached hydrogen (secondary N) is 1. The molecule has 7 heteroatoms. The van der Waals surface area contributed by atoms with Crippen molar-refractivity contribution >= 4 is 29.2 Å². The normalized spacial score (nSPS) is 12.0. The van der Waals surface area contributed by atoms with Gasteiger partial charge in [0, 0.05) is 18.6 Å². The molecule has 0 aromatic carbocycles. The zero-order valence-electron chi connectivity index (χ0n) is 13.0. The summed E-state index contributed by atoms with van der Waals surface area (Å²) in [7, 11) is 0. The maximum Gasteiger partial charge on any atom is 0.222 e. The van der Waals surface area contributed by atoms with E-state index < -0.39 is 6.04 Å². The number of rotatable bonds is 13. The van der Waals surface area contributed by atoms with E-state index in [4.69, 9.17) is 9.47 Å². The Morgan fingerprint density at radius 2 is 1.57 bits per heavy atom. The molecule has 0 saturated heterocycles. The van der Waals surface area contributed by atoms with Crippen molar-refractivity contribution in [2.24, 2.45) is 0 Å². The molecule has 0 fully saturated rings. The second-order valence-electron chi connectivity index (χ2n) is 4.61.